The van der Waals surface area contributed by atoms with Crippen LogP contribution in [0.25, 0.3) is 0 Å². The molecule has 21 heavy (non-hydrogen) atoms. The molecule has 3 rings (SSSR count). The first-order valence-corrected chi connectivity index (χ1v) is 7.39. The SMILES string of the molecule is Cc1oc(CNC2CC2)cc1COc1cccc(Cl)c1F. The van der Waals surface area contributed by atoms with Crippen molar-refractivity contribution >= 4 is 11.6 Å². The molecule has 1 fully saturated rings. The first-order chi connectivity index (χ1) is 10.1. The van der Waals surface area contributed by atoms with Gasteiger partial charge in [0.05, 0.1) is 11.6 Å². The molecule has 0 unspecified atom stereocenters. The van der Waals surface area contributed by atoms with Gasteiger partial charge in [0.25, 0.3) is 0 Å². The maximum Gasteiger partial charge on any atom is 0.183 e. The zero-order valence-corrected chi connectivity index (χ0v) is 12.5. The summed E-state index contributed by atoms with van der Waals surface area (Å²) in [4.78, 5) is 0. The first kappa shape index (κ1) is 14.4. The summed E-state index contributed by atoms with van der Waals surface area (Å²) in [7, 11) is 0. The topological polar surface area (TPSA) is 34.4 Å². The molecule has 5 heteroatoms. The summed E-state index contributed by atoms with van der Waals surface area (Å²) in [6.45, 7) is 2.86. The van der Waals surface area contributed by atoms with Gasteiger partial charge in [-0.3, -0.25) is 0 Å². The predicted octanol–water partition coefficient (Wildman–Crippen LogP) is 4.21. The van der Waals surface area contributed by atoms with E-state index in [1.807, 2.05) is 13.0 Å². The summed E-state index contributed by atoms with van der Waals surface area (Å²) in [5, 5.41) is 3.45. The highest BCUT2D eigenvalue weighted by Gasteiger charge is 2.21. The van der Waals surface area contributed by atoms with E-state index in [0.29, 0.717) is 6.04 Å². The van der Waals surface area contributed by atoms with E-state index in [1.165, 1.54) is 18.9 Å². The Hall–Kier alpha value is -1.52. The number of aryl methyl sites for hydroxylation is 1. The van der Waals surface area contributed by atoms with E-state index in [-0.39, 0.29) is 17.4 Å². The lowest BCUT2D eigenvalue weighted by molar-refractivity contribution is 0.287. The smallest absolute Gasteiger partial charge is 0.183 e. The van der Waals surface area contributed by atoms with Crippen LogP contribution in [-0.2, 0) is 13.2 Å². The van der Waals surface area contributed by atoms with Crippen LogP contribution in [0.3, 0.4) is 0 Å². The van der Waals surface area contributed by atoms with E-state index in [1.54, 1.807) is 12.1 Å². The molecule has 2 aromatic rings. The summed E-state index contributed by atoms with van der Waals surface area (Å²) in [5.41, 5.74) is 0.918. The number of rotatable bonds is 6. The summed E-state index contributed by atoms with van der Waals surface area (Å²) in [6, 6.07) is 7.30. The fourth-order valence-electron chi connectivity index (χ4n) is 2.10. The molecule has 112 valence electrons. The minimum atomic E-state index is -0.532. The Balaban J connectivity index is 1.62. The van der Waals surface area contributed by atoms with E-state index in [2.05, 4.69) is 5.32 Å². The highest BCUT2D eigenvalue weighted by atomic mass is 35.5. The van der Waals surface area contributed by atoms with E-state index in [0.717, 1.165) is 23.6 Å². The van der Waals surface area contributed by atoms with Crippen molar-refractivity contribution in [2.24, 2.45) is 0 Å². The summed E-state index contributed by atoms with van der Waals surface area (Å²) >= 11 is 5.73. The van der Waals surface area contributed by atoms with Gasteiger partial charge >= 0.3 is 0 Å². The lowest BCUT2D eigenvalue weighted by Gasteiger charge is -2.06. The molecule has 1 saturated carbocycles. The van der Waals surface area contributed by atoms with Gasteiger partial charge in [-0.05, 0) is 38.0 Å². The van der Waals surface area contributed by atoms with Crippen LogP contribution < -0.4 is 10.1 Å². The predicted molar refractivity (Wildman–Crippen MR) is 79.0 cm³/mol. The van der Waals surface area contributed by atoms with Crippen LogP contribution in [0.2, 0.25) is 5.02 Å². The number of benzene rings is 1. The van der Waals surface area contributed by atoms with Crippen molar-refractivity contribution in [3.05, 3.63) is 52.2 Å². The van der Waals surface area contributed by atoms with Crippen molar-refractivity contribution in [3.63, 3.8) is 0 Å². The van der Waals surface area contributed by atoms with Crippen molar-refractivity contribution in [2.45, 2.75) is 39.0 Å². The van der Waals surface area contributed by atoms with Crippen molar-refractivity contribution in [3.8, 4) is 5.75 Å². The largest absolute Gasteiger partial charge is 0.486 e. The fourth-order valence-corrected chi connectivity index (χ4v) is 2.27. The van der Waals surface area contributed by atoms with Crippen molar-refractivity contribution in [1.82, 2.24) is 5.32 Å². The lowest BCUT2D eigenvalue weighted by Crippen LogP contribution is -2.14. The average Bonchev–Trinajstić information content (AvgIpc) is 3.22. The van der Waals surface area contributed by atoms with Crippen molar-refractivity contribution in [2.75, 3.05) is 0 Å². The second-order valence-electron chi connectivity index (χ2n) is 5.29. The van der Waals surface area contributed by atoms with Crippen LogP contribution >= 0.6 is 11.6 Å². The van der Waals surface area contributed by atoms with Gasteiger partial charge in [0.1, 0.15) is 18.1 Å². The molecule has 1 heterocycles. The molecule has 1 aromatic carbocycles. The van der Waals surface area contributed by atoms with Gasteiger partial charge in [-0.2, -0.15) is 0 Å². The molecular weight excluding hydrogens is 293 g/mol. The van der Waals surface area contributed by atoms with Crippen LogP contribution in [0.1, 0.15) is 29.9 Å². The Morgan fingerprint density at radius 1 is 1.43 bits per heavy atom. The van der Waals surface area contributed by atoms with E-state index < -0.39 is 5.82 Å². The average molecular weight is 310 g/mol. The molecule has 0 spiro atoms. The van der Waals surface area contributed by atoms with Crippen molar-refractivity contribution in [1.29, 1.82) is 0 Å². The van der Waals surface area contributed by atoms with Crippen LogP contribution in [0.5, 0.6) is 5.75 Å². The van der Waals surface area contributed by atoms with E-state index in [4.69, 9.17) is 20.8 Å². The Bertz CT molecular complexity index is 637. The standard InChI is InChI=1S/C16H17ClFNO2/c1-10-11(7-13(21-10)8-19-12-5-6-12)9-20-15-4-2-3-14(17)16(15)18/h2-4,7,12,19H,5-6,8-9H2,1H3. The Morgan fingerprint density at radius 2 is 2.24 bits per heavy atom. The number of halogens is 2. The van der Waals surface area contributed by atoms with E-state index in [9.17, 15) is 4.39 Å². The maximum atomic E-state index is 13.7. The quantitative estimate of drug-likeness (QED) is 0.868. The number of hydrogen-bond acceptors (Lipinski definition) is 3. The molecule has 0 saturated heterocycles. The summed E-state index contributed by atoms with van der Waals surface area (Å²) in [5.74, 6) is 1.30. The molecule has 3 nitrogen and oxygen atoms in total. The molecule has 0 amide bonds. The normalized spacial score (nSPS) is 14.4. The van der Waals surface area contributed by atoms with Gasteiger partial charge < -0.3 is 14.5 Å². The minimum absolute atomic E-state index is 0.0609. The molecular formula is C16H17ClFNO2. The van der Waals surface area contributed by atoms with Crippen LogP contribution in [0.15, 0.2) is 28.7 Å². The Labute approximate surface area is 128 Å². The molecule has 0 radical (unpaired) electrons. The molecule has 0 atom stereocenters. The van der Waals surface area contributed by atoms with Crippen molar-refractivity contribution < 1.29 is 13.5 Å². The lowest BCUT2D eigenvalue weighted by atomic mass is 10.2. The van der Waals surface area contributed by atoms with Gasteiger partial charge in [-0.25, -0.2) is 4.39 Å². The molecule has 0 bridgehead atoms. The maximum absolute atomic E-state index is 13.7. The minimum Gasteiger partial charge on any atom is -0.486 e. The van der Waals surface area contributed by atoms with Crippen LogP contribution in [-0.4, -0.2) is 6.04 Å². The Morgan fingerprint density at radius 3 is 3.00 bits per heavy atom. The second kappa shape index (κ2) is 6.08. The second-order valence-corrected chi connectivity index (χ2v) is 5.70. The highest BCUT2D eigenvalue weighted by Crippen LogP contribution is 2.26. The third kappa shape index (κ3) is 3.57. The third-order valence-corrected chi connectivity index (χ3v) is 3.81. The molecule has 1 N–H and O–H groups in total. The molecule has 1 aliphatic rings. The highest BCUT2D eigenvalue weighted by molar-refractivity contribution is 6.30. The van der Waals surface area contributed by atoms with Gasteiger partial charge in [0, 0.05) is 11.6 Å². The third-order valence-electron chi connectivity index (χ3n) is 3.51. The molecule has 0 aliphatic heterocycles. The van der Waals surface area contributed by atoms with E-state index >= 15 is 0 Å². The number of ether oxygens (including phenoxy) is 1. The van der Waals surface area contributed by atoms with Gasteiger partial charge in [-0.1, -0.05) is 17.7 Å². The summed E-state index contributed by atoms with van der Waals surface area (Å²) < 4.78 is 24.9. The van der Waals surface area contributed by atoms with Crippen LogP contribution in [0.4, 0.5) is 4.39 Å². The van der Waals surface area contributed by atoms with Gasteiger partial charge in [-0.15, -0.1) is 0 Å². The number of furan rings is 1. The first-order valence-electron chi connectivity index (χ1n) is 7.02. The zero-order chi connectivity index (χ0) is 14.8. The Kier molecular flexibility index (Phi) is 4.17. The fraction of sp³-hybridized carbons (Fsp3) is 0.375. The van der Waals surface area contributed by atoms with Gasteiger partial charge in [0.15, 0.2) is 11.6 Å². The summed E-state index contributed by atoms with van der Waals surface area (Å²) in [6.07, 6.45) is 2.48. The monoisotopic (exact) mass is 309 g/mol. The molecule has 1 aromatic heterocycles. The number of hydrogen-bond donors (Lipinski definition) is 1. The zero-order valence-electron chi connectivity index (χ0n) is 11.8. The van der Waals surface area contributed by atoms with Gasteiger partial charge in [0.2, 0.25) is 0 Å². The van der Waals surface area contributed by atoms with Crippen LogP contribution in [0, 0.1) is 12.7 Å². The number of nitrogens with one attached hydrogen (secondary N) is 1. The molecule has 1 aliphatic carbocycles.